The van der Waals surface area contributed by atoms with E-state index in [1.54, 1.807) is 31.4 Å². The summed E-state index contributed by atoms with van der Waals surface area (Å²) < 4.78 is 12.1. The van der Waals surface area contributed by atoms with E-state index in [0.717, 1.165) is 30.5 Å². The van der Waals surface area contributed by atoms with Gasteiger partial charge >= 0.3 is 0 Å². The Labute approximate surface area is 164 Å². The van der Waals surface area contributed by atoms with E-state index < -0.39 is 0 Å². The number of ether oxygens (including phenoxy) is 2. The Balaban J connectivity index is 1.57. The molecule has 0 spiro atoms. The second-order valence-corrected chi connectivity index (χ2v) is 6.69. The number of benzene rings is 1. The van der Waals surface area contributed by atoms with Gasteiger partial charge in [-0.3, -0.25) is 14.3 Å². The van der Waals surface area contributed by atoms with E-state index in [1.165, 1.54) is 7.11 Å². The van der Waals surface area contributed by atoms with Gasteiger partial charge in [0.1, 0.15) is 5.75 Å². The van der Waals surface area contributed by atoms with Crippen molar-refractivity contribution < 1.29 is 19.1 Å². The maximum atomic E-state index is 12.4. The van der Waals surface area contributed by atoms with Crippen LogP contribution in [0.5, 0.6) is 5.75 Å². The molecule has 1 aromatic heterocycles. The summed E-state index contributed by atoms with van der Waals surface area (Å²) in [5, 5.41) is 10.2. The molecule has 8 heteroatoms. The molecule has 1 heterocycles. The summed E-state index contributed by atoms with van der Waals surface area (Å²) in [5.41, 5.74) is 2.46. The number of amides is 2. The van der Waals surface area contributed by atoms with Crippen molar-refractivity contribution >= 4 is 11.8 Å². The Morgan fingerprint density at radius 1 is 1.29 bits per heavy atom. The Bertz CT molecular complexity index is 833. The predicted molar refractivity (Wildman–Crippen MR) is 103 cm³/mol. The van der Waals surface area contributed by atoms with Crippen LogP contribution in [0.1, 0.15) is 40.5 Å². The summed E-state index contributed by atoms with van der Waals surface area (Å²) in [4.78, 5) is 24.7. The molecule has 0 radical (unpaired) electrons. The summed E-state index contributed by atoms with van der Waals surface area (Å²) in [6, 6.07) is 6.77. The molecule has 28 heavy (non-hydrogen) atoms. The quantitative estimate of drug-likeness (QED) is 0.716. The number of para-hydroxylation sites is 1. The number of nitrogens with zero attached hydrogens (tertiary/aromatic N) is 2. The molecule has 3 rings (SSSR count). The summed E-state index contributed by atoms with van der Waals surface area (Å²) in [5.74, 6) is -0.118. The maximum Gasteiger partial charge on any atom is 0.255 e. The minimum absolute atomic E-state index is 0.104. The van der Waals surface area contributed by atoms with E-state index in [1.807, 2.05) is 10.9 Å². The van der Waals surface area contributed by atoms with Gasteiger partial charge in [0.2, 0.25) is 5.91 Å². The maximum absolute atomic E-state index is 12.4. The van der Waals surface area contributed by atoms with Crippen LogP contribution in [0.4, 0.5) is 0 Å². The lowest BCUT2D eigenvalue weighted by molar-refractivity contribution is -0.121. The predicted octanol–water partition coefficient (Wildman–Crippen LogP) is 1.46. The molecular weight excluding hydrogens is 360 g/mol. The third kappa shape index (κ3) is 4.69. The third-order valence-electron chi connectivity index (χ3n) is 4.76. The molecule has 1 aliphatic rings. The highest BCUT2D eigenvalue weighted by Gasteiger charge is 2.25. The largest absolute Gasteiger partial charge is 0.496 e. The summed E-state index contributed by atoms with van der Waals surface area (Å²) >= 11 is 0. The van der Waals surface area contributed by atoms with Crippen LogP contribution in [0, 0.1) is 0 Å². The Morgan fingerprint density at radius 3 is 2.89 bits per heavy atom. The smallest absolute Gasteiger partial charge is 0.255 e. The number of hydrogen-bond acceptors (Lipinski definition) is 5. The Morgan fingerprint density at radius 2 is 2.11 bits per heavy atom. The van der Waals surface area contributed by atoms with E-state index in [9.17, 15) is 9.59 Å². The van der Waals surface area contributed by atoms with Gasteiger partial charge in [-0.15, -0.1) is 0 Å². The van der Waals surface area contributed by atoms with Gasteiger partial charge in [-0.25, -0.2) is 0 Å². The lowest BCUT2D eigenvalue weighted by Crippen LogP contribution is -2.39. The molecule has 1 atom stereocenters. The molecule has 2 amide bonds. The molecule has 1 aliphatic carbocycles. The molecule has 8 nitrogen and oxygen atoms in total. The fraction of sp³-hybridized carbons (Fsp3) is 0.450. The highest BCUT2D eigenvalue weighted by atomic mass is 16.5. The van der Waals surface area contributed by atoms with Crippen molar-refractivity contribution in [3.63, 3.8) is 0 Å². The van der Waals surface area contributed by atoms with Gasteiger partial charge < -0.3 is 20.1 Å². The fourth-order valence-corrected chi connectivity index (χ4v) is 3.37. The average Bonchev–Trinajstić information content (AvgIpc) is 3.14. The molecule has 0 aliphatic heterocycles. The zero-order chi connectivity index (χ0) is 19.9. The number of nitrogens with one attached hydrogen (secondary N) is 2. The van der Waals surface area contributed by atoms with Crippen molar-refractivity contribution in [3.8, 4) is 5.75 Å². The van der Waals surface area contributed by atoms with E-state index in [-0.39, 0.29) is 24.4 Å². The molecule has 1 unspecified atom stereocenters. The SMILES string of the molecule is COCCn1cc2c(n1)C(NC(=O)CNC(=O)c1ccccc1OC)CCC2. The molecule has 150 valence electrons. The normalized spacial score (nSPS) is 15.6. The van der Waals surface area contributed by atoms with Crippen molar-refractivity contribution in [2.45, 2.75) is 31.8 Å². The summed E-state index contributed by atoms with van der Waals surface area (Å²) in [6.07, 6.45) is 4.80. The number of fused-ring (bicyclic) bond motifs is 1. The molecule has 0 saturated carbocycles. The van der Waals surface area contributed by atoms with Gasteiger partial charge in [-0.2, -0.15) is 5.10 Å². The minimum atomic E-state index is -0.347. The van der Waals surface area contributed by atoms with Gasteiger partial charge in [0, 0.05) is 13.3 Å². The zero-order valence-corrected chi connectivity index (χ0v) is 16.2. The van der Waals surface area contributed by atoms with Crippen LogP contribution in [0.15, 0.2) is 30.5 Å². The van der Waals surface area contributed by atoms with Gasteiger partial charge in [-0.1, -0.05) is 12.1 Å². The topological polar surface area (TPSA) is 94.5 Å². The molecule has 2 aromatic rings. The second-order valence-electron chi connectivity index (χ2n) is 6.69. The van der Waals surface area contributed by atoms with Crippen LogP contribution < -0.4 is 15.4 Å². The molecule has 0 fully saturated rings. The summed E-state index contributed by atoms with van der Waals surface area (Å²) in [7, 11) is 3.16. The van der Waals surface area contributed by atoms with Crippen LogP contribution in [-0.2, 0) is 22.5 Å². The number of aromatic nitrogens is 2. The molecular formula is C20H26N4O4. The summed E-state index contributed by atoms with van der Waals surface area (Å²) in [6.45, 7) is 1.17. The van der Waals surface area contributed by atoms with Gasteiger partial charge in [-0.05, 0) is 37.0 Å². The van der Waals surface area contributed by atoms with Crippen molar-refractivity contribution in [3.05, 3.63) is 47.3 Å². The average molecular weight is 386 g/mol. The fourth-order valence-electron chi connectivity index (χ4n) is 3.37. The van der Waals surface area contributed by atoms with Crippen LogP contribution in [-0.4, -0.2) is 49.0 Å². The van der Waals surface area contributed by atoms with Gasteiger partial charge in [0.15, 0.2) is 0 Å². The van der Waals surface area contributed by atoms with Gasteiger partial charge in [0.05, 0.1) is 44.1 Å². The lowest BCUT2D eigenvalue weighted by Gasteiger charge is -2.22. The van der Waals surface area contributed by atoms with Crippen molar-refractivity contribution in [2.75, 3.05) is 27.4 Å². The number of carbonyl (C=O) groups excluding carboxylic acids is 2. The van der Waals surface area contributed by atoms with Crippen molar-refractivity contribution in [2.24, 2.45) is 0 Å². The van der Waals surface area contributed by atoms with Crippen molar-refractivity contribution in [1.82, 2.24) is 20.4 Å². The number of methoxy groups -OCH3 is 2. The Kier molecular flexibility index (Phi) is 6.65. The first-order chi connectivity index (χ1) is 13.6. The van der Waals surface area contributed by atoms with E-state index in [4.69, 9.17) is 9.47 Å². The molecule has 1 aromatic carbocycles. The first-order valence-corrected chi connectivity index (χ1v) is 9.38. The Hall–Kier alpha value is -2.87. The van der Waals surface area contributed by atoms with Crippen LogP contribution in [0.25, 0.3) is 0 Å². The number of aryl methyl sites for hydroxylation is 1. The number of rotatable bonds is 8. The minimum Gasteiger partial charge on any atom is -0.496 e. The van der Waals surface area contributed by atoms with Gasteiger partial charge in [0.25, 0.3) is 5.91 Å². The standard InChI is InChI=1S/C20H26N4O4/c1-27-11-10-24-13-14-6-5-8-16(19(14)23-24)22-18(25)12-21-20(26)15-7-3-4-9-17(15)28-2/h3-4,7,9,13,16H,5-6,8,10-12H2,1-2H3,(H,21,26)(H,22,25). The zero-order valence-electron chi connectivity index (χ0n) is 16.2. The first-order valence-electron chi connectivity index (χ1n) is 9.38. The monoisotopic (exact) mass is 386 g/mol. The first kappa shape index (κ1) is 19.9. The van der Waals surface area contributed by atoms with Crippen LogP contribution in [0.3, 0.4) is 0 Å². The lowest BCUT2D eigenvalue weighted by atomic mass is 9.94. The van der Waals surface area contributed by atoms with Crippen LogP contribution >= 0.6 is 0 Å². The van der Waals surface area contributed by atoms with E-state index in [2.05, 4.69) is 15.7 Å². The van der Waals surface area contributed by atoms with Crippen molar-refractivity contribution in [1.29, 1.82) is 0 Å². The van der Waals surface area contributed by atoms with E-state index in [0.29, 0.717) is 24.5 Å². The number of carbonyl (C=O) groups is 2. The highest BCUT2D eigenvalue weighted by Crippen LogP contribution is 2.28. The second kappa shape index (κ2) is 9.36. The molecule has 0 saturated heterocycles. The highest BCUT2D eigenvalue weighted by molar-refractivity contribution is 5.98. The van der Waals surface area contributed by atoms with Crippen LogP contribution in [0.2, 0.25) is 0 Å². The van der Waals surface area contributed by atoms with E-state index >= 15 is 0 Å². The third-order valence-corrected chi connectivity index (χ3v) is 4.76. The number of hydrogen-bond donors (Lipinski definition) is 2. The molecule has 2 N–H and O–H groups in total. The molecule has 0 bridgehead atoms.